The van der Waals surface area contributed by atoms with Gasteiger partial charge in [0.15, 0.2) is 5.13 Å². The molecule has 0 aromatic carbocycles. The highest BCUT2D eigenvalue weighted by Crippen LogP contribution is 2.28. The van der Waals surface area contributed by atoms with E-state index in [-0.39, 0.29) is 0 Å². The number of morpholine rings is 1. The van der Waals surface area contributed by atoms with E-state index in [9.17, 15) is 0 Å². The molecule has 5 nitrogen and oxygen atoms in total. The van der Waals surface area contributed by atoms with Crippen LogP contribution in [0.2, 0.25) is 0 Å². The van der Waals surface area contributed by atoms with Gasteiger partial charge in [-0.25, -0.2) is 9.97 Å². The first-order valence-corrected chi connectivity index (χ1v) is 6.46. The predicted octanol–water partition coefficient (Wildman–Crippen LogP) is 1.57. The van der Waals surface area contributed by atoms with Crippen molar-refractivity contribution in [3.05, 3.63) is 12.1 Å². The molecule has 90 valence electrons. The summed E-state index contributed by atoms with van der Waals surface area (Å²) in [5.74, 6) is 0.884. The van der Waals surface area contributed by atoms with Gasteiger partial charge >= 0.3 is 0 Å². The molecule has 0 bridgehead atoms. The molecule has 3 heterocycles. The smallest absolute Gasteiger partial charge is 0.188 e. The van der Waals surface area contributed by atoms with Crippen molar-refractivity contribution in [3.63, 3.8) is 0 Å². The minimum atomic E-state index is 0.783. The third-order valence-corrected chi connectivity index (χ3v) is 3.81. The molecule has 1 N–H and O–H groups in total. The van der Waals surface area contributed by atoms with Crippen LogP contribution in [0, 0.1) is 0 Å². The molecule has 0 unspecified atom stereocenters. The number of fused-ring (bicyclic) bond motifs is 1. The molecule has 1 saturated heterocycles. The number of anilines is 2. The van der Waals surface area contributed by atoms with Crippen LogP contribution in [-0.4, -0.2) is 43.3 Å². The minimum Gasteiger partial charge on any atom is -0.378 e. The molecule has 17 heavy (non-hydrogen) atoms. The van der Waals surface area contributed by atoms with Crippen LogP contribution in [-0.2, 0) is 4.74 Å². The topological polar surface area (TPSA) is 50.3 Å². The van der Waals surface area contributed by atoms with E-state index in [4.69, 9.17) is 4.74 Å². The molecule has 0 amide bonds. The van der Waals surface area contributed by atoms with Crippen LogP contribution in [0.5, 0.6) is 0 Å². The molecule has 1 fully saturated rings. The van der Waals surface area contributed by atoms with Gasteiger partial charge in [-0.15, -0.1) is 0 Å². The first-order chi connectivity index (χ1) is 8.36. The Kier molecular flexibility index (Phi) is 2.82. The quantitative estimate of drug-likeness (QED) is 0.876. The zero-order valence-electron chi connectivity index (χ0n) is 9.64. The van der Waals surface area contributed by atoms with E-state index < -0.39 is 0 Å². The van der Waals surface area contributed by atoms with Crippen LogP contribution in [0.1, 0.15) is 0 Å². The Labute approximate surface area is 103 Å². The van der Waals surface area contributed by atoms with Gasteiger partial charge in [0, 0.05) is 20.1 Å². The predicted molar refractivity (Wildman–Crippen MR) is 70.0 cm³/mol. The average Bonchev–Trinajstić information content (AvgIpc) is 2.82. The fourth-order valence-corrected chi connectivity index (χ4v) is 2.83. The highest BCUT2D eigenvalue weighted by atomic mass is 32.1. The summed E-state index contributed by atoms with van der Waals surface area (Å²) < 4.78 is 5.34. The summed E-state index contributed by atoms with van der Waals surface area (Å²) in [6.45, 7) is 3.40. The molecule has 2 aromatic heterocycles. The van der Waals surface area contributed by atoms with Crippen LogP contribution >= 0.6 is 11.3 Å². The second kappa shape index (κ2) is 4.46. The highest BCUT2D eigenvalue weighted by molar-refractivity contribution is 7.21. The van der Waals surface area contributed by atoms with Gasteiger partial charge in [-0.3, -0.25) is 0 Å². The van der Waals surface area contributed by atoms with Crippen molar-refractivity contribution in [2.45, 2.75) is 0 Å². The number of rotatable bonds is 2. The molecule has 0 spiro atoms. The second-order valence-electron chi connectivity index (χ2n) is 3.87. The third kappa shape index (κ3) is 2.05. The van der Waals surface area contributed by atoms with Gasteiger partial charge in [0.05, 0.1) is 13.2 Å². The fraction of sp³-hybridized carbons (Fsp3) is 0.455. The van der Waals surface area contributed by atoms with Crippen LogP contribution in [0.3, 0.4) is 0 Å². The summed E-state index contributed by atoms with van der Waals surface area (Å²) in [7, 11) is 1.87. The number of ether oxygens (including phenoxy) is 1. The van der Waals surface area contributed by atoms with Crippen LogP contribution in [0.15, 0.2) is 12.1 Å². The molecular formula is C11H14N4OS. The maximum Gasteiger partial charge on any atom is 0.188 e. The van der Waals surface area contributed by atoms with Gasteiger partial charge in [0.1, 0.15) is 16.2 Å². The van der Waals surface area contributed by atoms with Crippen molar-refractivity contribution < 1.29 is 4.74 Å². The molecule has 3 rings (SSSR count). The Balaban J connectivity index is 1.95. The van der Waals surface area contributed by atoms with Crippen molar-refractivity contribution >= 4 is 32.6 Å². The number of aromatic nitrogens is 2. The lowest BCUT2D eigenvalue weighted by molar-refractivity contribution is 0.122. The molecular weight excluding hydrogens is 236 g/mol. The normalized spacial score (nSPS) is 16.4. The summed E-state index contributed by atoms with van der Waals surface area (Å²) in [5.41, 5.74) is 0.968. The second-order valence-corrected chi connectivity index (χ2v) is 4.82. The SMILES string of the molecule is CNc1ccc2nc(N3CCOCC3)sc2n1. The van der Waals surface area contributed by atoms with Crippen LogP contribution in [0.4, 0.5) is 10.9 Å². The first-order valence-electron chi connectivity index (χ1n) is 5.65. The molecule has 6 heteroatoms. The lowest BCUT2D eigenvalue weighted by Crippen LogP contribution is -2.36. The summed E-state index contributed by atoms with van der Waals surface area (Å²) in [4.78, 5) is 12.3. The Morgan fingerprint density at radius 3 is 2.88 bits per heavy atom. The third-order valence-electron chi connectivity index (χ3n) is 2.78. The summed E-state index contributed by atoms with van der Waals surface area (Å²) in [5, 5.41) is 4.09. The Hall–Kier alpha value is -1.40. The van der Waals surface area contributed by atoms with E-state index in [1.165, 1.54) is 0 Å². The molecule has 0 saturated carbocycles. The largest absolute Gasteiger partial charge is 0.378 e. The van der Waals surface area contributed by atoms with Gasteiger partial charge in [0.25, 0.3) is 0 Å². The Morgan fingerprint density at radius 1 is 1.29 bits per heavy atom. The zero-order valence-corrected chi connectivity index (χ0v) is 10.5. The summed E-state index contributed by atoms with van der Waals surface area (Å²) in [6.07, 6.45) is 0. The summed E-state index contributed by atoms with van der Waals surface area (Å²) >= 11 is 1.64. The maximum atomic E-state index is 5.34. The van der Waals surface area contributed by atoms with Crippen molar-refractivity contribution in [2.24, 2.45) is 0 Å². The number of nitrogens with zero attached hydrogens (tertiary/aromatic N) is 3. The van der Waals surface area contributed by atoms with E-state index in [2.05, 4.69) is 20.2 Å². The molecule has 1 aliphatic rings. The fourth-order valence-electron chi connectivity index (χ4n) is 1.83. The molecule has 1 aliphatic heterocycles. The zero-order chi connectivity index (χ0) is 11.7. The van der Waals surface area contributed by atoms with Crippen LogP contribution < -0.4 is 10.2 Å². The standard InChI is InChI=1S/C11H14N4OS/c1-12-9-3-2-8-10(14-9)17-11(13-8)15-4-6-16-7-5-15/h2-3H,4-7H2,1H3,(H,12,14). The number of thiazole rings is 1. The Bertz CT molecular complexity index is 521. The van der Waals surface area contributed by atoms with E-state index in [1.54, 1.807) is 11.3 Å². The monoisotopic (exact) mass is 250 g/mol. The van der Waals surface area contributed by atoms with Crippen molar-refractivity contribution in [1.82, 2.24) is 9.97 Å². The number of hydrogen-bond donors (Lipinski definition) is 1. The van der Waals surface area contributed by atoms with Gasteiger partial charge < -0.3 is 15.0 Å². The number of nitrogens with one attached hydrogen (secondary N) is 1. The highest BCUT2D eigenvalue weighted by Gasteiger charge is 2.15. The van der Waals surface area contributed by atoms with E-state index in [0.29, 0.717) is 0 Å². The number of hydrogen-bond acceptors (Lipinski definition) is 6. The maximum absolute atomic E-state index is 5.34. The minimum absolute atomic E-state index is 0.783. The lowest BCUT2D eigenvalue weighted by atomic mass is 10.4. The molecule has 2 aromatic rings. The molecule has 0 radical (unpaired) electrons. The Morgan fingerprint density at radius 2 is 2.12 bits per heavy atom. The van der Waals surface area contributed by atoms with Gasteiger partial charge in [-0.1, -0.05) is 11.3 Å². The van der Waals surface area contributed by atoms with Crippen molar-refractivity contribution in [3.8, 4) is 0 Å². The van der Waals surface area contributed by atoms with E-state index in [1.807, 2.05) is 19.2 Å². The lowest BCUT2D eigenvalue weighted by Gasteiger charge is -2.25. The number of pyridine rings is 1. The van der Waals surface area contributed by atoms with Gasteiger partial charge in [-0.2, -0.15) is 0 Å². The first kappa shape index (κ1) is 10.7. The molecule has 0 atom stereocenters. The summed E-state index contributed by atoms with van der Waals surface area (Å²) in [6, 6.07) is 3.96. The van der Waals surface area contributed by atoms with Crippen molar-refractivity contribution in [1.29, 1.82) is 0 Å². The van der Waals surface area contributed by atoms with E-state index in [0.717, 1.165) is 47.6 Å². The van der Waals surface area contributed by atoms with Gasteiger partial charge in [-0.05, 0) is 12.1 Å². The average molecular weight is 250 g/mol. The van der Waals surface area contributed by atoms with Gasteiger partial charge in [0.2, 0.25) is 0 Å². The molecule has 0 aliphatic carbocycles. The van der Waals surface area contributed by atoms with Crippen molar-refractivity contribution in [2.75, 3.05) is 43.6 Å². The van der Waals surface area contributed by atoms with E-state index >= 15 is 0 Å². The van der Waals surface area contributed by atoms with Crippen LogP contribution in [0.25, 0.3) is 10.3 Å².